The molecule has 5 nitrogen and oxygen atoms in total. The summed E-state index contributed by atoms with van der Waals surface area (Å²) in [4.78, 5) is 29.6. The molecule has 0 radical (unpaired) electrons. The van der Waals surface area contributed by atoms with E-state index in [1.54, 1.807) is 12.1 Å². The first-order valence-corrected chi connectivity index (χ1v) is 10.9. The van der Waals surface area contributed by atoms with Gasteiger partial charge < -0.3 is 10.1 Å². The van der Waals surface area contributed by atoms with Crippen LogP contribution >= 0.6 is 11.3 Å². The van der Waals surface area contributed by atoms with Crippen LogP contribution in [0.15, 0.2) is 48.5 Å². The van der Waals surface area contributed by atoms with Crippen LogP contribution in [0.5, 0.6) is 0 Å². The topological polar surface area (TPSA) is 68.3 Å². The number of nitrogens with zero attached hydrogens (tertiary/aromatic N) is 1. The molecule has 1 aromatic heterocycles. The Morgan fingerprint density at radius 3 is 2.52 bits per heavy atom. The Morgan fingerprint density at radius 2 is 1.72 bits per heavy atom. The lowest BCUT2D eigenvalue weighted by Gasteiger charge is -2.16. The summed E-state index contributed by atoms with van der Waals surface area (Å²) in [6.07, 6.45) is 6.73. The number of hydrogen-bond donors (Lipinski definition) is 1. The number of rotatable bonds is 5. The summed E-state index contributed by atoms with van der Waals surface area (Å²) in [5.74, 6) is -0.737. The molecule has 1 saturated carbocycles. The van der Waals surface area contributed by atoms with E-state index in [9.17, 15) is 9.59 Å². The van der Waals surface area contributed by atoms with Crippen molar-refractivity contribution < 1.29 is 14.3 Å². The van der Waals surface area contributed by atoms with Crippen LogP contribution in [0.3, 0.4) is 0 Å². The Morgan fingerprint density at radius 1 is 1.00 bits per heavy atom. The Labute approximate surface area is 174 Å². The summed E-state index contributed by atoms with van der Waals surface area (Å²) in [5, 5.41) is 3.77. The van der Waals surface area contributed by atoms with Gasteiger partial charge in [-0.2, -0.15) is 0 Å². The van der Waals surface area contributed by atoms with Gasteiger partial charge in [-0.3, -0.25) is 4.79 Å². The summed E-state index contributed by atoms with van der Waals surface area (Å²) in [6, 6.07) is 15.3. The molecule has 0 bridgehead atoms. The summed E-state index contributed by atoms with van der Waals surface area (Å²) < 4.78 is 6.39. The van der Waals surface area contributed by atoms with Gasteiger partial charge in [0.15, 0.2) is 6.61 Å². The molecule has 1 N–H and O–H groups in total. The normalized spacial score (nSPS) is 15.0. The third-order valence-electron chi connectivity index (χ3n) is 5.23. The van der Waals surface area contributed by atoms with Crippen molar-refractivity contribution in [2.45, 2.75) is 44.6 Å². The SMILES string of the molecule is O=C(COC(=O)c1ccccc1-c1nc2ccccc2s1)NC1CCCCCC1. The van der Waals surface area contributed by atoms with Gasteiger partial charge in [-0.15, -0.1) is 11.3 Å². The smallest absolute Gasteiger partial charge is 0.339 e. The Balaban J connectivity index is 1.43. The summed E-state index contributed by atoms with van der Waals surface area (Å²) in [5.41, 5.74) is 2.05. The Bertz CT molecular complexity index is 973. The van der Waals surface area contributed by atoms with Gasteiger partial charge in [0.2, 0.25) is 0 Å². The molecule has 1 aliphatic carbocycles. The van der Waals surface area contributed by atoms with Gasteiger partial charge in [0, 0.05) is 11.6 Å². The van der Waals surface area contributed by atoms with E-state index in [0.717, 1.165) is 46.5 Å². The number of ether oxygens (including phenoxy) is 1. The zero-order valence-electron chi connectivity index (χ0n) is 16.2. The number of thiazole rings is 1. The highest BCUT2D eigenvalue weighted by Crippen LogP contribution is 2.32. The molecule has 0 unspecified atom stereocenters. The van der Waals surface area contributed by atoms with Crippen LogP contribution in [0.2, 0.25) is 0 Å². The maximum atomic E-state index is 12.7. The molecule has 1 heterocycles. The first-order valence-electron chi connectivity index (χ1n) is 10.1. The van der Waals surface area contributed by atoms with Crippen LogP contribution in [0.4, 0.5) is 0 Å². The van der Waals surface area contributed by atoms with Crippen molar-refractivity contribution in [2.24, 2.45) is 0 Å². The van der Waals surface area contributed by atoms with Gasteiger partial charge in [-0.05, 0) is 31.0 Å². The van der Waals surface area contributed by atoms with Crippen molar-refractivity contribution in [3.8, 4) is 10.6 Å². The zero-order chi connectivity index (χ0) is 20.1. The number of carbonyl (C=O) groups is 2. The number of fused-ring (bicyclic) bond motifs is 1. The molecule has 3 aromatic rings. The molecule has 150 valence electrons. The molecule has 1 amide bonds. The minimum atomic E-state index is -0.504. The van der Waals surface area contributed by atoms with E-state index in [2.05, 4.69) is 10.3 Å². The molecule has 29 heavy (non-hydrogen) atoms. The van der Waals surface area contributed by atoms with Gasteiger partial charge in [0.1, 0.15) is 5.01 Å². The lowest BCUT2D eigenvalue weighted by atomic mass is 10.1. The van der Waals surface area contributed by atoms with Crippen LogP contribution < -0.4 is 5.32 Å². The Kier molecular flexibility index (Phi) is 6.20. The highest BCUT2D eigenvalue weighted by atomic mass is 32.1. The zero-order valence-corrected chi connectivity index (χ0v) is 17.0. The number of carbonyl (C=O) groups excluding carboxylic acids is 2. The molecule has 1 aliphatic rings. The van der Waals surface area contributed by atoms with Crippen molar-refractivity contribution in [3.05, 3.63) is 54.1 Å². The second-order valence-electron chi connectivity index (χ2n) is 7.36. The molecule has 6 heteroatoms. The van der Waals surface area contributed by atoms with E-state index in [-0.39, 0.29) is 18.6 Å². The predicted octanol–water partition coefficient (Wildman–Crippen LogP) is 4.96. The van der Waals surface area contributed by atoms with Crippen molar-refractivity contribution >= 4 is 33.4 Å². The van der Waals surface area contributed by atoms with E-state index in [4.69, 9.17) is 4.74 Å². The number of esters is 1. The Hall–Kier alpha value is -2.73. The number of hydrogen-bond acceptors (Lipinski definition) is 5. The molecule has 0 atom stereocenters. The van der Waals surface area contributed by atoms with Crippen molar-refractivity contribution in [2.75, 3.05) is 6.61 Å². The highest BCUT2D eigenvalue weighted by molar-refractivity contribution is 7.21. The van der Waals surface area contributed by atoms with E-state index in [1.807, 2.05) is 36.4 Å². The number of benzene rings is 2. The van der Waals surface area contributed by atoms with Crippen LogP contribution in [0.25, 0.3) is 20.8 Å². The second-order valence-corrected chi connectivity index (χ2v) is 8.40. The number of aromatic nitrogens is 1. The molecular formula is C23H24N2O3S. The lowest BCUT2D eigenvalue weighted by molar-refractivity contribution is -0.125. The van der Waals surface area contributed by atoms with Gasteiger partial charge >= 0.3 is 5.97 Å². The first-order chi connectivity index (χ1) is 14.2. The maximum absolute atomic E-state index is 12.7. The monoisotopic (exact) mass is 408 g/mol. The lowest BCUT2D eigenvalue weighted by Crippen LogP contribution is -2.37. The largest absolute Gasteiger partial charge is 0.452 e. The quantitative estimate of drug-likeness (QED) is 0.479. The molecular weight excluding hydrogens is 384 g/mol. The fourth-order valence-electron chi connectivity index (χ4n) is 3.74. The van der Waals surface area contributed by atoms with E-state index in [1.165, 1.54) is 24.2 Å². The number of amides is 1. The minimum absolute atomic E-state index is 0.193. The van der Waals surface area contributed by atoms with Crippen LogP contribution in [-0.2, 0) is 9.53 Å². The van der Waals surface area contributed by atoms with Crippen molar-refractivity contribution in [3.63, 3.8) is 0 Å². The molecule has 2 aromatic carbocycles. The average Bonchev–Trinajstić information content (AvgIpc) is 3.02. The fraction of sp³-hybridized carbons (Fsp3) is 0.348. The van der Waals surface area contributed by atoms with Gasteiger partial charge in [-0.25, -0.2) is 9.78 Å². The van der Waals surface area contributed by atoms with E-state index in [0.29, 0.717) is 5.56 Å². The van der Waals surface area contributed by atoms with Crippen LogP contribution in [0.1, 0.15) is 48.9 Å². The second kappa shape index (κ2) is 9.18. The van der Waals surface area contributed by atoms with Crippen LogP contribution in [0, 0.1) is 0 Å². The summed E-state index contributed by atoms with van der Waals surface area (Å²) in [7, 11) is 0. The number of nitrogens with one attached hydrogen (secondary N) is 1. The molecule has 0 aliphatic heterocycles. The van der Waals surface area contributed by atoms with Gasteiger partial charge in [0.25, 0.3) is 5.91 Å². The fourth-order valence-corrected chi connectivity index (χ4v) is 4.74. The third kappa shape index (κ3) is 4.82. The standard InChI is InChI=1S/C23H24N2O3S/c26-21(24-16-9-3-1-2-4-10-16)15-28-23(27)18-12-6-5-11-17(18)22-25-19-13-7-8-14-20(19)29-22/h5-8,11-14,16H,1-4,9-10,15H2,(H,24,26). The van der Waals surface area contributed by atoms with Gasteiger partial charge in [-0.1, -0.05) is 56.0 Å². The summed E-state index contributed by atoms with van der Waals surface area (Å²) in [6.45, 7) is -0.260. The van der Waals surface area contributed by atoms with E-state index < -0.39 is 5.97 Å². The highest BCUT2D eigenvalue weighted by Gasteiger charge is 2.19. The minimum Gasteiger partial charge on any atom is -0.452 e. The van der Waals surface area contributed by atoms with E-state index >= 15 is 0 Å². The molecule has 0 spiro atoms. The van der Waals surface area contributed by atoms with Crippen molar-refractivity contribution in [1.29, 1.82) is 0 Å². The number of para-hydroxylation sites is 1. The first kappa shape index (κ1) is 19.6. The van der Waals surface area contributed by atoms with Crippen molar-refractivity contribution in [1.82, 2.24) is 10.3 Å². The molecule has 4 rings (SSSR count). The molecule has 1 fully saturated rings. The third-order valence-corrected chi connectivity index (χ3v) is 6.30. The van der Waals surface area contributed by atoms with Crippen LogP contribution in [-0.4, -0.2) is 29.5 Å². The molecule has 0 saturated heterocycles. The van der Waals surface area contributed by atoms with Gasteiger partial charge in [0.05, 0.1) is 15.8 Å². The average molecular weight is 409 g/mol. The predicted molar refractivity (Wildman–Crippen MR) is 115 cm³/mol. The summed E-state index contributed by atoms with van der Waals surface area (Å²) >= 11 is 1.53. The maximum Gasteiger partial charge on any atom is 0.339 e.